The number of carbonyl (C=O) groups is 1. The van der Waals surface area contributed by atoms with Crippen LogP contribution in [0, 0.1) is 19.8 Å². The SMILES string of the molecule is CN=C1OCCC[C@@H](C)CN2/C(=C/CCC(=O)c3cc(C)nc(c3)C1=CN)Nc1ccc(C)cc12. The fraction of sp³-hybridized carbons (Fsp3) is 0.393. The van der Waals surface area contributed by atoms with Crippen molar-refractivity contribution in [2.24, 2.45) is 16.6 Å². The molecule has 0 fully saturated rings. The minimum absolute atomic E-state index is 0.0662. The summed E-state index contributed by atoms with van der Waals surface area (Å²) >= 11 is 0. The van der Waals surface area contributed by atoms with Crippen LogP contribution in [0.5, 0.6) is 0 Å². The van der Waals surface area contributed by atoms with Crippen LogP contribution in [0.25, 0.3) is 5.57 Å². The van der Waals surface area contributed by atoms with Gasteiger partial charge in [0.2, 0.25) is 5.90 Å². The Labute approximate surface area is 207 Å². The number of Topliss-reactive ketones (excluding diaryl/α,β-unsaturated/α-hetero) is 1. The molecule has 0 unspecified atom stereocenters. The minimum Gasteiger partial charge on any atom is -0.477 e. The predicted octanol–water partition coefficient (Wildman–Crippen LogP) is 5.21. The molecule has 4 rings (SSSR count). The number of rotatable bonds is 0. The molecule has 2 bridgehead atoms. The quantitative estimate of drug-likeness (QED) is 0.546. The first-order valence-corrected chi connectivity index (χ1v) is 12.3. The molecule has 35 heavy (non-hydrogen) atoms. The number of aryl methyl sites for hydroxylation is 2. The van der Waals surface area contributed by atoms with Crippen molar-refractivity contribution >= 4 is 28.6 Å². The number of benzene rings is 1. The van der Waals surface area contributed by atoms with Crippen molar-refractivity contribution in [2.75, 3.05) is 30.4 Å². The number of hydrogen-bond donors (Lipinski definition) is 2. The van der Waals surface area contributed by atoms with Gasteiger partial charge in [-0.15, -0.1) is 0 Å². The molecule has 0 saturated heterocycles. The molecule has 3 N–H and O–H groups in total. The van der Waals surface area contributed by atoms with E-state index in [1.54, 1.807) is 13.1 Å². The number of carbonyl (C=O) groups excluding carboxylic acids is 1. The van der Waals surface area contributed by atoms with E-state index < -0.39 is 0 Å². The largest absolute Gasteiger partial charge is 0.477 e. The number of ketones is 1. The normalized spacial score (nSPS) is 23.1. The van der Waals surface area contributed by atoms with Crippen LogP contribution in [0.4, 0.5) is 11.4 Å². The van der Waals surface area contributed by atoms with E-state index in [2.05, 4.69) is 58.3 Å². The summed E-state index contributed by atoms with van der Waals surface area (Å²) in [5.41, 5.74) is 12.0. The van der Waals surface area contributed by atoms with Crippen LogP contribution in [0.15, 0.2) is 53.4 Å². The van der Waals surface area contributed by atoms with Crippen LogP contribution in [-0.4, -0.2) is 36.9 Å². The molecule has 1 aromatic heterocycles. The summed E-state index contributed by atoms with van der Waals surface area (Å²) < 4.78 is 6.03. The van der Waals surface area contributed by atoms with E-state index in [1.807, 2.05) is 13.0 Å². The Morgan fingerprint density at radius 2 is 2.09 bits per heavy atom. The number of pyridine rings is 1. The fourth-order valence-electron chi connectivity index (χ4n) is 4.65. The third-order valence-electron chi connectivity index (χ3n) is 6.43. The maximum absolute atomic E-state index is 13.1. The Morgan fingerprint density at radius 1 is 1.26 bits per heavy atom. The maximum Gasteiger partial charge on any atom is 0.219 e. The molecular formula is C28H35N5O2. The van der Waals surface area contributed by atoms with Crippen LogP contribution in [-0.2, 0) is 4.74 Å². The number of hydrogen-bond acceptors (Lipinski definition) is 7. The molecule has 0 spiro atoms. The van der Waals surface area contributed by atoms with Crippen molar-refractivity contribution in [3.8, 4) is 0 Å². The second kappa shape index (κ2) is 10.8. The van der Waals surface area contributed by atoms with E-state index in [1.165, 1.54) is 17.5 Å². The van der Waals surface area contributed by atoms with E-state index in [0.29, 0.717) is 48.1 Å². The third kappa shape index (κ3) is 5.56. The minimum atomic E-state index is 0.0662. The molecule has 7 heteroatoms. The van der Waals surface area contributed by atoms with Crippen molar-refractivity contribution in [2.45, 2.75) is 46.5 Å². The van der Waals surface area contributed by atoms with Crippen LogP contribution >= 0.6 is 0 Å². The van der Waals surface area contributed by atoms with Gasteiger partial charge in [0.25, 0.3) is 0 Å². The number of fused-ring (bicyclic) bond motifs is 5. The molecule has 7 nitrogen and oxygen atoms in total. The lowest BCUT2D eigenvalue weighted by Crippen LogP contribution is -2.27. The summed E-state index contributed by atoms with van der Waals surface area (Å²) in [4.78, 5) is 24.4. The third-order valence-corrected chi connectivity index (χ3v) is 6.43. The van der Waals surface area contributed by atoms with Gasteiger partial charge in [-0.2, -0.15) is 0 Å². The van der Waals surface area contributed by atoms with Gasteiger partial charge in [0.15, 0.2) is 5.78 Å². The Kier molecular flexibility index (Phi) is 7.54. The van der Waals surface area contributed by atoms with Crippen molar-refractivity contribution in [3.63, 3.8) is 0 Å². The van der Waals surface area contributed by atoms with E-state index in [9.17, 15) is 4.79 Å². The number of nitrogens with two attached hydrogens (primary N) is 1. The maximum atomic E-state index is 13.1. The number of anilines is 2. The van der Waals surface area contributed by atoms with Crippen molar-refractivity contribution < 1.29 is 9.53 Å². The van der Waals surface area contributed by atoms with Crippen molar-refractivity contribution in [1.82, 2.24) is 4.98 Å². The topological polar surface area (TPSA) is 92.8 Å². The van der Waals surface area contributed by atoms with Gasteiger partial charge < -0.3 is 20.7 Å². The summed E-state index contributed by atoms with van der Waals surface area (Å²) in [6, 6.07) is 10.1. The molecule has 184 valence electrons. The lowest BCUT2D eigenvalue weighted by atomic mass is 10.0. The molecule has 1 atom stereocenters. The van der Waals surface area contributed by atoms with Gasteiger partial charge in [-0.05, 0) is 74.9 Å². The monoisotopic (exact) mass is 473 g/mol. The Bertz CT molecular complexity index is 1200. The van der Waals surface area contributed by atoms with Crippen molar-refractivity contribution in [3.05, 3.63) is 70.9 Å². The van der Waals surface area contributed by atoms with Gasteiger partial charge in [-0.3, -0.25) is 14.8 Å². The van der Waals surface area contributed by atoms with E-state index in [4.69, 9.17) is 10.5 Å². The second-order valence-corrected chi connectivity index (χ2v) is 9.39. The highest BCUT2D eigenvalue weighted by Gasteiger charge is 2.25. The summed E-state index contributed by atoms with van der Waals surface area (Å²) in [5, 5.41) is 3.56. The zero-order valence-corrected chi connectivity index (χ0v) is 21.1. The molecule has 2 aliphatic heterocycles. The lowest BCUT2D eigenvalue weighted by Gasteiger charge is -2.24. The number of allylic oxidation sites excluding steroid dienone is 1. The predicted molar refractivity (Wildman–Crippen MR) is 143 cm³/mol. The molecular weight excluding hydrogens is 438 g/mol. The lowest BCUT2D eigenvalue weighted by molar-refractivity contribution is 0.0983. The van der Waals surface area contributed by atoms with Crippen LogP contribution in [0.1, 0.15) is 59.9 Å². The van der Waals surface area contributed by atoms with Crippen molar-refractivity contribution in [1.29, 1.82) is 0 Å². The standard InChI is InChI=1S/C28H35N5O2/c1-18-10-11-23-25(13-18)33-17-19(2)7-6-12-35-28(30-4)22(16-29)24-15-21(14-20(3)31-24)26(34)8-5-9-27(33)32-23/h9-11,13-16,19,32H,5-8,12,17,29H2,1-4H3/b22-16?,27-9+,30-28?/t19-/m1/s1. The molecule has 3 heterocycles. The molecule has 2 aromatic rings. The van der Waals surface area contributed by atoms with E-state index >= 15 is 0 Å². The Morgan fingerprint density at radius 3 is 2.86 bits per heavy atom. The van der Waals surface area contributed by atoms with Gasteiger partial charge in [0.05, 0.1) is 29.2 Å². The summed E-state index contributed by atoms with van der Waals surface area (Å²) in [5.74, 6) is 2.00. The Balaban J connectivity index is 1.67. The molecule has 0 saturated carbocycles. The first-order chi connectivity index (χ1) is 16.9. The number of nitrogens with one attached hydrogen (secondary N) is 1. The number of aromatic nitrogens is 1. The fourth-order valence-corrected chi connectivity index (χ4v) is 4.65. The molecule has 0 aliphatic carbocycles. The van der Waals surface area contributed by atoms with Gasteiger partial charge in [-0.25, -0.2) is 0 Å². The zero-order valence-electron chi connectivity index (χ0n) is 21.1. The van der Waals surface area contributed by atoms with E-state index in [-0.39, 0.29) is 5.78 Å². The van der Waals surface area contributed by atoms with Crippen LogP contribution < -0.4 is 16.0 Å². The molecule has 1 aromatic carbocycles. The zero-order chi connectivity index (χ0) is 24.9. The number of nitrogens with zero attached hydrogens (tertiary/aromatic N) is 3. The average molecular weight is 474 g/mol. The summed E-state index contributed by atoms with van der Waals surface area (Å²) in [6.45, 7) is 7.67. The number of ether oxygens (including phenoxy) is 1. The number of aliphatic imine (C=N–C) groups is 1. The molecule has 0 radical (unpaired) electrons. The summed E-state index contributed by atoms with van der Waals surface area (Å²) in [7, 11) is 1.68. The van der Waals surface area contributed by atoms with Crippen LogP contribution in [0.2, 0.25) is 0 Å². The van der Waals surface area contributed by atoms with Gasteiger partial charge >= 0.3 is 0 Å². The van der Waals surface area contributed by atoms with Crippen LogP contribution in [0.3, 0.4) is 0 Å². The van der Waals surface area contributed by atoms with Gasteiger partial charge in [0.1, 0.15) is 5.82 Å². The van der Waals surface area contributed by atoms with Gasteiger partial charge in [-0.1, -0.05) is 13.0 Å². The first-order valence-electron chi connectivity index (χ1n) is 12.3. The van der Waals surface area contributed by atoms with Gasteiger partial charge in [0, 0.05) is 37.5 Å². The smallest absolute Gasteiger partial charge is 0.219 e. The highest BCUT2D eigenvalue weighted by Crippen LogP contribution is 2.38. The highest BCUT2D eigenvalue weighted by molar-refractivity contribution is 6.19. The summed E-state index contributed by atoms with van der Waals surface area (Å²) in [6.07, 6.45) is 6.54. The first kappa shape index (κ1) is 24.5. The Hall–Kier alpha value is -3.61. The van der Waals surface area contributed by atoms with E-state index in [0.717, 1.165) is 36.6 Å². The second-order valence-electron chi connectivity index (χ2n) is 9.39. The molecule has 0 amide bonds. The molecule has 2 aliphatic rings. The highest BCUT2D eigenvalue weighted by atomic mass is 16.5. The average Bonchev–Trinajstić information content (AvgIpc) is 3.16.